The number of amides is 2. The van der Waals surface area contributed by atoms with Crippen LogP contribution in [0.5, 0.6) is 0 Å². The van der Waals surface area contributed by atoms with Crippen LogP contribution < -0.4 is 5.48 Å². The summed E-state index contributed by atoms with van der Waals surface area (Å²) >= 11 is 0. The van der Waals surface area contributed by atoms with Crippen molar-refractivity contribution in [2.75, 3.05) is 7.05 Å². The Labute approximate surface area is 145 Å². The minimum absolute atomic E-state index is 0.194. The number of halogens is 3. The third-order valence-corrected chi connectivity index (χ3v) is 3.31. The van der Waals surface area contributed by atoms with Crippen molar-refractivity contribution in [3.8, 4) is 0 Å². The molecule has 0 saturated heterocycles. The molecule has 2 amide bonds. The fraction of sp³-hybridized carbons (Fsp3) is 0.125. The average Bonchev–Trinajstić information content (AvgIpc) is 2.64. The fourth-order valence-corrected chi connectivity index (χ4v) is 1.98. The first-order valence-electron chi connectivity index (χ1n) is 7.11. The summed E-state index contributed by atoms with van der Waals surface area (Å²) in [5.41, 5.74) is 0.445. The van der Waals surface area contributed by atoms with Gasteiger partial charge in [-0.1, -0.05) is 12.1 Å². The van der Waals surface area contributed by atoms with E-state index in [0.29, 0.717) is 5.56 Å². The molecule has 0 unspecified atom stereocenters. The quantitative estimate of drug-likeness (QED) is 0.493. The van der Waals surface area contributed by atoms with Crippen LogP contribution in [0, 0.1) is 0 Å². The average molecular weight is 366 g/mol. The van der Waals surface area contributed by atoms with Gasteiger partial charge in [0.25, 0.3) is 11.8 Å². The largest absolute Gasteiger partial charge is 0.417 e. The van der Waals surface area contributed by atoms with E-state index in [4.69, 9.17) is 5.21 Å². The highest BCUT2D eigenvalue weighted by molar-refractivity contribution is 5.96. The van der Waals surface area contributed by atoms with E-state index in [0.717, 1.165) is 23.5 Å². The van der Waals surface area contributed by atoms with Crippen LogP contribution in [-0.2, 0) is 6.18 Å². The molecule has 0 aliphatic carbocycles. The van der Waals surface area contributed by atoms with Gasteiger partial charge in [0.05, 0.1) is 17.3 Å². The van der Waals surface area contributed by atoms with Crippen LogP contribution in [0.15, 0.2) is 47.8 Å². The van der Waals surface area contributed by atoms with Gasteiger partial charge in [-0.05, 0) is 23.8 Å². The molecule has 136 valence electrons. The first kappa shape index (κ1) is 19.1. The second-order valence-corrected chi connectivity index (χ2v) is 5.06. The Morgan fingerprint density at radius 3 is 2.46 bits per heavy atom. The molecule has 1 heterocycles. The van der Waals surface area contributed by atoms with E-state index >= 15 is 0 Å². The number of aromatic nitrogens is 1. The zero-order valence-electron chi connectivity index (χ0n) is 13.4. The number of carbonyl (C=O) groups is 2. The van der Waals surface area contributed by atoms with Crippen molar-refractivity contribution in [2.45, 2.75) is 6.18 Å². The Bertz CT molecular complexity index is 835. The molecule has 0 spiro atoms. The highest BCUT2D eigenvalue weighted by atomic mass is 19.4. The van der Waals surface area contributed by atoms with Gasteiger partial charge >= 0.3 is 6.18 Å². The zero-order valence-corrected chi connectivity index (χ0v) is 13.4. The Morgan fingerprint density at radius 1 is 1.23 bits per heavy atom. The molecular weight excluding hydrogens is 353 g/mol. The molecule has 2 N–H and O–H groups in total. The van der Waals surface area contributed by atoms with Gasteiger partial charge in [0.2, 0.25) is 0 Å². The summed E-state index contributed by atoms with van der Waals surface area (Å²) in [7, 11) is 1.21. The second-order valence-electron chi connectivity index (χ2n) is 5.06. The topological polar surface area (TPSA) is 94.9 Å². The molecular formula is C16H13F3N4O3. The number of nitrogens with zero attached hydrogens (tertiary/aromatic N) is 3. The highest BCUT2D eigenvalue weighted by Gasteiger charge is 2.35. The van der Waals surface area contributed by atoms with Crippen LogP contribution >= 0.6 is 0 Å². The molecule has 0 atom stereocenters. The second kappa shape index (κ2) is 7.74. The van der Waals surface area contributed by atoms with Crippen molar-refractivity contribution in [3.05, 3.63) is 65.0 Å². The number of benzene rings is 1. The number of alkyl halides is 3. The molecule has 26 heavy (non-hydrogen) atoms. The molecule has 2 rings (SSSR count). The Kier molecular flexibility index (Phi) is 5.68. The first-order chi connectivity index (χ1) is 12.2. The first-order valence-corrected chi connectivity index (χ1v) is 7.11. The van der Waals surface area contributed by atoms with Gasteiger partial charge in [0.1, 0.15) is 0 Å². The maximum Gasteiger partial charge on any atom is 0.417 e. The number of hydrogen-bond donors (Lipinski definition) is 2. The number of nitrogens with one attached hydrogen (secondary N) is 1. The van der Waals surface area contributed by atoms with E-state index in [9.17, 15) is 22.8 Å². The lowest BCUT2D eigenvalue weighted by Crippen LogP contribution is -2.25. The molecule has 0 saturated carbocycles. The van der Waals surface area contributed by atoms with Gasteiger partial charge < -0.3 is 0 Å². The summed E-state index contributed by atoms with van der Waals surface area (Å²) in [5, 5.41) is 13.1. The van der Waals surface area contributed by atoms with Gasteiger partial charge in [-0.25, -0.2) is 10.5 Å². The number of hydroxylamine groups is 1. The van der Waals surface area contributed by atoms with Crippen molar-refractivity contribution >= 4 is 18.0 Å². The summed E-state index contributed by atoms with van der Waals surface area (Å²) in [6.07, 6.45) is -1.67. The van der Waals surface area contributed by atoms with Gasteiger partial charge in [-0.15, -0.1) is 0 Å². The van der Waals surface area contributed by atoms with Gasteiger partial charge in [0, 0.05) is 25.0 Å². The minimum atomic E-state index is -4.69. The molecule has 0 aliphatic heterocycles. The standard InChI is InChI=1S/C16H13F3N4O3/c1-23(15(25)12-9-20-7-6-13(12)16(17,18)19)21-8-10-2-4-11(5-3-10)14(24)22-26/h2-9,26H,1H3,(H,22,24). The lowest BCUT2D eigenvalue weighted by Gasteiger charge is -2.15. The molecule has 1 aromatic carbocycles. The third-order valence-electron chi connectivity index (χ3n) is 3.31. The zero-order chi connectivity index (χ0) is 19.3. The van der Waals surface area contributed by atoms with E-state index in [2.05, 4.69) is 10.1 Å². The summed E-state index contributed by atoms with van der Waals surface area (Å²) in [5.74, 6) is -1.67. The predicted molar refractivity (Wildman–Crippen MR) is 84.6 cm³/mol. The smallest absolute Gasteiger partial charge is 0.288 e. The van der Waals surface area contributed by atoms with E-state index in [1.165, 1.54) is 43.0 Å². The lowest BCUT2D eigenvalue weighted by molar-refractivity contribution is -0.138. The van der Waals surface area contributed by atoms with Crippen LogP contribution in [0.3, 0.4) is 0 Å². The number of carbonyl (C=O) groups excluding carboxylic acids is 2. The van der Waals surface area contributed by atoms with Crippen LogP contribution in [-0.4, -0.2) is 40.3 Å². The van der Waals surface area contributed by atoms with E-state index in [1.807, 2.05) is 0 Å². The molecule has 1 aromatic heterocycles. The molecule has 0 radical (unpaired) electrons. The maximum atomic E-state index is 13.0. The van der Waals surface area contributed by atoms with Crippen molar-refractivity contribution in [1.82, 2.24) is 15.5 Å². The van der Waals surface area contributed by atoms with E-state index in [-0.39, 0.29) is 5.56 Å². The minimum Gasteiger partial charge on any atom is -0.288 e. The van der Waals surface area contributed by atoms with Gasteiger partial charge in [0.15, 0.2) is 0 Å². The number of hydrogen-bond acceptors (Lipinski definition) is 5. The van der Waals surface area contributed by atoms with Crippen LogP contribution in [0.4, 0.5) is 13.2 Å². The van der Waals surface area contributed by atoms with Crippen molar-refractivity contribution in [2.24, 2.45) is 5.10 Å². The van der Waals surface area contributed by atoms with Crippen molar-refractivity contribution in [3.63, 3.8) is 0 Å². The van der Waals surface area contributed by atoms with Crippen molar-refractivity contribution < 1.29 is 28.0 Å². The molecule has 7 nitrogen and oxygen atoms in total. The normalized spacial score (nSPS) is 11.4. The van der Waals surface area contributed by atoms with E-state index in [1.54, 1.807) is 0 Å². The molecule has 0 aliphatic rings. The maximum absolute atomic E-state index is 13.0. The van der Waals surface area contributed by atoms with Crippen molar-refractivity contribution in [1.29, 1.82) is 0 Å². The molecule has 10 heteroatoms. The number of hydrazone groups is 1. The van der Waals surface area contributed by atoms with Gasteiger partial charge in [-0.2, -0.15) is 18.3 Å². The van der Waals surface area contributed by atoms with E-state index < -0.39 is 29.1 Å². The monoisotopic (exact) mass is 366 g/mol. The SMILES string of the molecule is CN(N=Cc1ccc(C(=O)NO)cc1)C(=O)c1cnccc1C(F)(F)F. The number of rotatable bonds is 4. The summed E-state index contributed by atoms with van der Waals surface area (Å²) in [6.45, 7) is 0. The molecule has 0 fully saturated rings. The highest BCUT2D eigenvalue weighted by Crippen LogP contribution is 2.31. The van der Waals surface area contributed by atoms with Gasteiger partial charge in [-0.3, -0.25) is 19.8 Å². The Hall–Kier alpha value is -3.27. The third kappa shape index (κ3) is 4.42. The predicted octanol–water partition coefficient (Wildman–Crippen LogP) is 2.33. The fourth-order valence-electron chi connectivity index (χ4n) is 1.98. The Morgan fingerprint density at radius 2 is 1.88 bits per heavy atom. The lowest BCUT2D eigenvalue weighted by atomic mass is 10.1. The summed E-state index contributed by atoms with van der Waals surface area (Å²) in [6, 6.07) is 6.49. The van der Waals surface area contributed by atoms with Crippen LogP contribution in [0.2, 0.25) is 0 Å². The van der Waals surface area contributed by atoms with Crippen LogP contribution in [0.1, 0.15) is 31.8 Å². The summed E-state index contributed by atoms with van der Waals surface area (Å²) < 4.78 is 38.9. The number of pyridine rings is 1. The molecule has 0 bridgehead atoms. The summed E-state index contributed by atoms with van der Waals surface area (Å²) in [4.78, 5) is 27.0. The van der Waals surface area contributed by atoms with Crippen LogP contribution in [0.25, 0.3) is 0 Å². The molecule has 2 aromatic rings. The Balaban J connectivity index is 2.17.